The van der Waals surface area contributed by atoms with Crippen molar-refractivity contribution in [3.63, 3.8) is 0 Å². The Bertz CT molecular complexity index is 1220. The maximum absolute atomic E-state index is 14.7. The number of hydrogen-bond acceptors (Lipinski definition) is 4. The predicted molar refractivity (Wildman–Crippen MR) is 130 cm³/mol. The number of rotatable bonds is 7. The molecule has 2 aromatic heterocycles. The van der Waals surface area contributed by atoms with Crippen LogP contribution < -0.4 is 10.6 Å². The number of alkyl halides is 4. The molecule has 1 aliphatic heterocycles. The molecule has 1 amide bonds. The normalized spacial score (nSPS) is 21.4. The van der Waals surface area contributed by atoms with Crippen LogP contribution in [0.4, 0.5) is 23.2 Å². The molecule has 2 aliphatic rings. The standard InChI is InChI=1S/C25H28F4N4OS/c1-32-10-9-20(18(26)13-32)31-19-3-2-4-21-17(19)11-22(33(21)14-25(27,28)29)23-8-7-16(35-23)12-30-24(34)15-5-6-15/h2-4,7-8,11,15,18,20,31H,5-6,9-10,12-14H2,1H3,(H,30,34)/t18-,20+/m1/s1. The second-order valence-electron chi connectivity index (χ2n) is 9.55. The van der Waals surface area contributed by atoms with Gasteiger partial charge in [0.25, 0.3) is 0 Å². The third-order valence-corrected chi connectivity index (χ3v) is 7.78. The molecular formula is C25H28F4N4OS. The Morgan fingerprint density at radius 3 is 2.69 bits per heavy atom. The topological polar surface area (TPSA) is 49.3 Å². The van der Waals surface area contributed by atoms with Gasteiger partial charge in [-0.05, 0) is 56.6 Å². The van der Waals surface area contributed by atoms with Crippen LogP contribution in [0.15, 0.2) is 36.4 Å². The van der Waals surface area contributed by atoms with Gasteiger partial charge in [-0.3, -0.25) is 4.79 Å². The number of fused-ring (bicyclic) bond motifs is 1. The number of carbonyl (C=O) groups excluding carboxylic acids is 1. The van der Waals surface area contributed by atoms with E-state index in [-0.39, 0.29) is 11.8 Å². The van der Waals surface area contributed by atoms with Crippen molar-refractivity contribution in [3.8, 4) is 10.6 Å². The lowest BCUT2D eigenvalue weighted by Crippen LogP contribution is -2.46. The number of piperidine rings is 1. The van der Waals surface area contributed by atoms with Crippen LogP contribution in [-0.4, -0.2) is 53.9 Å². The van der Waals surface area contributed by atoms with Crippen LogP contribution in [0.3, 0.4) is 0 Å². The van der Waals surface area contributed by atoms with Gasteiger partial charge in [0, 0.05) is 35.0 Å². The summed E-state index contributed by atoms with van der Waals surface area (Å²) in [6.07, 6.45) is -3.02. The minimum Gasteiger partial charge on any atom is -0.379 e. The molecule has 0 bridgehead atoms. The van der Waals surface area contributed by atoms with Gasteiger partial charge in [-0.1, -0.05) is 6.07 Å². The molecule has 1 saturated heterocycles. The first kappa shape index (κ1) is 24.1. The fourth-order valence-electron chi connectivity index (χ4n) is 4.66. The van der Waals surface area contributed by atoms with E-state index >= 15 is 0 Å². The summed E-state index contributed by atoms with van der Waals surface area (Å²) < 4.78 is 56.6. The number of nitrogens with one attached hydrogen (secondary N) is 2. The molecule has 2 atom stereocenters. The van der Waals surface area contributed by atoms with Crippen LogP contribution in [0.5, 0.6) is 0 Å². The zero-order valence-electron chi connectivity index (χ0n) is 19.4. The van der Waals surface area contributed by atoms with E-state index in [4.69, 9.17) is 0 Å². The van der Waals surface area contributed by atoms with Crippen molar-refractivity contribution in [2.24, 2.45) is 5.92 Å². The Hall–Kier alpha value is -2.59. The zero-order valence-corrected chi connectivity index (χ0v) is 20.2. The molecule has 35 heavy (non-hydrogen) atoms. The summed E-state index contributed by atoms with van der Waals surface area (Å²) in [6.45, 7) is 0.314. The van der Waals surface area contributed by atoms with E-state index in [9.17, 15) is 22.4 Å². The highest BCUT2D eigenvalue weighted by molar-refractivity contribution is 7.15. The number of amides is 1. The summed E-state index contributed by atoms with van der Waals surface area (Å²) in [5, 5.41) is 6.80. The first-order valence-corrected chi connectivity index (χ1v) is 12.6. The van der Waals surface area contributed by atoms with Gasteiger partial charge >= 0.3 is 6.18 Å². The number of aromatic nitrogens is 1. The molecule has 2 fully saturated rings. The Morgan fingerprint density at radius 2 is 1.97 bits per heavy atom. The largest absolute Gasteiger partial charge is 0.406 e. The molecule has 3 heterocycles. The van der Waals surface area contributed by atoms with Crippen molar-refractivity contribution in [2.75, 3.05) is 25.5 Å². The number of carbonyl (C=O) groups is 1. The summed E-state index contributed by atoms with van der Waals surface area (Å²) in [4.78, 5) is 15.5. The number of likely N-dealkylation sites (tertiary alicyclic amines) is 1. The van der Waals surface area contributed by atoms with Crippen LogP contribution in [0.1, 0.15) is 24.1 Å². The summed E-state index contributed by atoms with van der Waals surface area (Å²) in [6, 6.07) is 10.2. The Balaban J connectivity index is 1.46. The maximum atomic E-state index is 14.7. The average molecular weight is 509 g/mol. The lowest BCUT2D eigenvalue weighted by Gasteiger charge is -2.33. The smallest absolute Gasteiger partial charge is 0.379 e. The third-order valence-electron chi connectivity index (χ3n) is 6.67. The van der Waals surface area contributed by atoms with Crippen molar-refractivity contribution >= 4 is 33.8 Å². The molecule has 1 saturated carbocycles. The van der Waals surface area contributed by atoms with Gasteiger partial charge in [-0.2, -0.15) is 13.2 Å². The van der Waals surface area contributed by atoms with E-state index in [1.807, 2.05) is 18.0 Å². The van der Waals surface area contributed by atoms with Crippen LogP contribution in [0.25, 0.3) is 21.5 Å². The molecule has 2 N–H and O–H groups in total. The van der Waals surface area contributed by atoms with E-state index in [2.05, 4.69) is 10.6 Å². The number of hydrogen-bond donors (Lipinski definition) is 2. The summed E-state index contributed by atoms with van der Waals surface area (Å²) in [5.74, 6) is 0.130. The van der Waals surface area contributed by atoms with E-state index < -0.39 is 24.9 Å². The summed E-state index contributed by atoms with van der Waals surface area (Å²) in [7, 11) is 1.87. The predicted octanol–water partition coefficient (Wildman–Crippen LogP) is 5.41. The van der Waals surface area contributed by atoms with E-state index in [1.165, 1.54) is 15.9 Å². The van der Waals surface area contributed by atoms with Crippen molar-refractivity contribution in [3.05, 3.63) is 41.3 Å². The summed E-state index contributed by atoms with van der Waals surface area (Å²) >= 11 is 1.37. The van der Waals surface area contributed by atoms with E-state index in [0.29, 0.717) is 46.7 Å². The van der Waals surface area contributed by atoms with Gasteiger partial charge in [0.1, 0.15) is 12.7 Å². The number of nitrogens with zero attached hydrogens (tertiary/aromatic N) is 2. The molecular weight excluding hydrogens is 480 g/mol. The molecule has 1 aromatic carbocycles. The fourth-order valence-corrected chi connectivity index (χ4v) is 5.63. The Kier molecular flexibility index (Phi) is 6.52. The number of thiophene rings is 1. The first-order valence-electron chi connectivity index (χ1n) is 11.8. The second kappa shape index (κ2) is 9.46. The molecule has 0 spiro atoms. The minimum atomic E-state index is -4.40. The molecule has 5 rings (SSSR count). The van der Waals surface area contributed by atoms with Crippen molar-refractivity contribution in [1.29, 1.82) is 0 Å². The van der Waals surface area contributed by atoms with E-state index in [0.717, 1.165) is 24.3 Å². The lowest BCUT2D eigenvalue weighted by molar-refractivity contribution is -0.139. The highest BCUT2D eigenvalue weighted by Gasteiger charge is 2.32. The van der Waals surface area contributed by atoms with Gasteiger partial charge in [0.2, 0.25) is 5.91 Å². The van der Waals surface area contributed by atoms with Gasteiger partial charge in [0.05, 0.1) is 28.7 Å². The molecule has 0 unspecified atom stereocenters. The van der Waals surface area contributed by atoms with Gasteiger partial charge in [0.15, 0.2) is 0 Å². The second-order valence-corrected chi connectivity index (χ2v) is 10.7. The average Bonchev–Trinajstić information content (AvgIpc) is 3.44. The zero-order chi connectivity index (χ0) is 24.7. The highest BCUT2D eigenvalue weighted by atomic mass is 32.1. The monoisotopic (exact) mass is 508 g/mol. The Morgan fingerprint density at radius 1 is 1.17 bits per heavy atom. The number of benzene rings is 1. The summed E-state index contributed by atoms with van der Waals surface area (Å²) in [5.41, 5.74) is 1.54. The molecule has 3 aromatic rings. The first-order chi connectivity index (χ1) is 16.7. The quantitative estimate of drug-likeness (QED) is 0.420. The Labute approximate surface area is 205 Å². The fraction of sp³-hybridized carbons (Fsp3) is 0.480. The maximum Gasteiger partial charge on any atom is 0.406 e. The van der Waals surface area contributed by atoms with Crippen molar-refractivity contribution < 1.29 is 22.4 Å². The molecule has 10 heteroatoms. The van der Waals surface area contributed by atoms with Crippen LogP contribution in [-0.2, 0) is 17.9 Å². The molecule has 188 valence electrons. The van der Waals surface area contributed by atoms with Crippen LogP contribution >= 0.6 is 11.3 Å². The van der Waals surface area contributed by atoms with Crippen molar-refractivity contribution in [1.82, 2.24) is 14.8 Å². The molecule has 1 aliphatic carbocycles. The van der Waals surface area contributed by atoms with Gasteiger partial charge < -0.3 is 20.1 Å². The number of anilines is 1. The minimum absolute atomic E-state index is 0.0296. The molecule has 0 radical (unpaired) electrons. The van der Waals surface area contributed by atoms with Crippen LogP contribution in [0.2, 0.25) is 0 Å². The van der Waals surface area contributed by atoms with Crippen molar-refractivity contribution in [2.45, 2.75) is 50.7 Å². The van der Waals surface area contributed by atoms with Gasteiger partial charge in [-0.25, -0.2) is 4.39 Å². The highest BCUT2D eigenvalue weighted by Crippen LogP contribution is 2.38. The molecule has 5 nitrogen and oxygen atoms in total. The van der Waals surface area contributed by atoms with Crippen LogP contribution in [0, 0.1) is 5.92 Å². The van der Waals surface area contributed by atoms with E-state index in [1.54, 1.807) is 30.3 Å². The number of halogens is 4. The van der Waals surface area contributed by atoms with Gasteiger partial charge in [-0.15, -0.1) is 11.3 Å². The SMILES string of the molecule is CN1CC[C@H](Nc2cccc3c2cc(-c2ccc(CNC(=O)C4CC4)s2)n3CC(F)(F)F)[C@H](F)C1. The third kappa shape index (κ3) is 5.48. The lowest BCUT2D eigenvalue weighted by atomic mass is 10.0.